The van der Waals surface area contributed by atoms with Crippen LogP contribution in [0.3, 0.4) is 0 Å². The van der Waals surface area contributed by atoms with Crippen molar-refractivity contribution in [1.29, 1.82) is 0 Å². The van der Waals surface area contributed by atoms with Gasteiger partial charge in [-0.05, 0) is 37.4 Å². The van der Waals surface area contributed by atoms with Crippen LogP contribution in [0.1, 0.15) is 17.2 Å². The molecule has 2 aromatic carbocycles. The molecule has 0 spiro atoms. The first-order valence-electron chi connectivity index (χ1n) is 6.68. The molecule has 3 nitrogen and oxygen atoms in total. The Bertz CT molecular complexity index is 661. The molecule has 0 aromatic heterocycles. The van der Waals surface area contributed by atoms with E-state index < -0.39 is 11.6 Å². The molecule has 1 aliphatic heterocycles. The Morgan fingerprint density at radius 1 is 1.24 bits per heavy atom. The van der Waals surface area contributed by atoms with Gasteiger partial charge in [-0.1, -0.05) is 0 Å². The largest absolute Gasteiger partial charge is 0.491 e. The lowest BCUT2D eigenvalue weighted by atomic mass is 10.1. The minimum absolute atomic E-state index is 0.0299. The molecule has 3 rings (SSSR count). The van der Waals surface area contributed by atoms with Crippen LogP contribution in [-0.4, -0.2) is 13.7 Å². The molecule has 0 amide bonds. The monoisotopic (exact) mass is 291 g/mol. The van der Waals surface area contributed by atoms with E-state index in [0.717, 1.165) is 29.5 Å². The highest BCUT2D eigenvalue weighted by Gasteiger charge is 2.22. The molecule has 0 bridgehead atoms. The highest BCUT2D eigenvalue weighted by Crippen LogP contribution is 2.35. The van der Waals surface area contributed by atoms with Gasteiger partial charge in [0, 0.05) is 17.2 Å². The fourth-order valence-electron chi connectivity index (χ4n) is 2.33. The van der Waals surface area contributed by atoms with Crippen LogP contribution in [-0.2, 0) is 6.61 Å². The SMILES string of the molecule is CNC1COc2cc(OCc3cc(F)ccc3F)ccc21. The van der Waals surface area contributed by atoms with E-state index in [9.17, 15) is 8.78 Å². The number of hydrogen-bond acceptors (Lipinski definition) is 3. The number of ether oxygens (including phenoxy) is 2. The molecule has 1 heterocycles. The van der Waals surface area contributed by atoms with Crippen molar-refractivity contribution in [3.05, 3.63) is 59.2 Å². The lowest BCUT2D eigenvalue weighted by molar-refractivity contribution is 0.293. The van der Waals surface area contributed by atoms with Crippen molar-refractivity contribution < 1.29 is 18.3 Å². The molecule has 0 radical (unpaired) electrons. The number of likely N-dealkylation sites (N-methyl/N-ethyl adjacent to an activating group) is 1. The van der Waals surface area contributed by atoms with Crippen molar-refractivity contribution in [3.63, 3.8) is 0 Å². The Hall–Kier alpha value is -2.14. The number of hydrogen-bond donors (Lipinski definition) is 1. The third-order valence-electron chi connectivity index (χ3n) is 3.52. The van der Waals surface area contributed by atoms with E-state index in [1.807, 2.05) is 13.1 Å². The zero-order valence-electron chi connectivity index (χ0n) is 11.5. The summed E-state index contributed by atoms with van der Waals surface area (Å²) in [7, 11) is 1.88. The minimum atomic E-state index is -0.482. The second-order valence-electron chi connectivity index (χ2n) is 4.88. The first kappa shape index (κ1) is 13.8. The zero-order chi connectivity index (χ0) is 14.8. The predicted molar refractivity (Wildman–Crippen MR) is 74.4 cm³/mol. The Labute approximate surface area is 121 Å². The van der Waals surface area contributed by atoms with Gasteiger partial charge in [0.1, 0.15) is 36.3 Å². The van der Waals surface area contributed by atoms with Crippen molar-refractivity contribution in [2.24, 2.45) is 0 Å². The van der Waals surface area contributed by atoms with Crippen molar-refractivity contribution in [2.45, 2.75) is 12.6 Å². The van der Waals surface area contributed by atoms with Gasteiger partial charge in [0.05, 0.1) is 6.04 Å². The summed E-state index contributed by atoms with van der Waals surface area (Å²) in [6, 6.07) is 8.97. The van der Waals surface area contributed by atoms with Crippen molar-refractivity contribution in [2.75, 3.05) is 13.7 Å². The number of halogens is 2. The normalized spacial score (nSPS) is 16.4. The Kier molecular flexibility index (Phi) is 3.75. The molecular weight excluding hydrogens is 276 g/mol. The van der Waals surface area contributed by atoms with E-state index in [1.165, 1.54) is 0 Å². The Morgan fingerprint density at radius 3 is 2.90 bits per heavy atom. The number of fused-ring (bicyclic) bond motifs is 1. The molecular formula is C16H15F2NO2. The van der Waals surface area contributed by atoms with E-state index in [2.05, 4.69) is 5.32 Å². The van der Waals surface area contributed by atoms with Crippen molar-refractivity contribution in [3.8, 4) is 11.5 Å². The summed E-state index contributed by atoms with van der Waals surface area (Å²) in [6.45, 7) is 0.547. The summed E-state index contributed by atoms with van der Waals surface area (Å²) in [5, 5.41) is 3.15. The lowest BCUT2D eigenvalue weighted by Crippen LogP contribution is -2.17. The van der Waals surface area contributed by atoms with Crippen LogP contribution in [0.15, 0.2) is 36.4 Å². The summed E-state index contributed by atoms with van der Waals surface area (Å²) < 4.78 is 37.7. The summed E-state index contributed by atoms with van der Waals surface area (Å²) >= 11 is 0. The Balaban J connectivity index is 1.73. The summed E-state index contributed by atoms with van der Waals surface area (Å²) in [5.74, 6) is 0.355. The maximum atomic E-state index is 13.5. The molecule has 5 heteroatoms. The van der Waals surface area contributed by atoms with Gasteiger partial charge in [-0.3, -0.25) is 0 Å². The van der Waals surface area contributed by atoms with Crippen LogP contribution in [0.2, 0.25) is 0 Å². The average molecular weight is 291 g/mol. The van der Waals surface area contributed by atoms with E-state index in [0.29, 0.717) is 12.4 Å². The molecule has 0 saturated carbocycles. The maximum absolute atomic E-state index is 13.5. The van der Waals surface area contributed by atoms with Gasteiger partial charge in [0.25, 0.3) is 0 Å². The molecule has 0 fully saturated rings. The second kappa shape index (κ2) is 5.69. The minimum Gasteiger partial charge on any atom is -0.491 e. The molecule has 1 unspecified atom stereocenters. The van der Waals surface area contributed by atoms with Gasteiger partial charge in [-0.2, -0.15) is 0 Å². The molecule has 1 aliphatic rings. The summed E-state index contributed by atoms with van der Waals surface area (Å²) in [6.07, 6.45) is 0. The predicted octanol–water partition coefficient (Wildman–Crippen LogP) is 3.20. The quantitative estimate of drug-likeness (QED) is 0.938. The topological polar surface area (TPSA) is 30.5 Å². The highest BCUT2D eigenvalue weighted by molar-refractivity contribution is 5.45. The number of benzene rings is 2. The zero-order valence-corrected chi connectivity index (χ0v) is 11.5. The van der Waals surface area contributed by atoms with E-state index in [-0.39, 0.29) is 18.2 Å². The number of rotatable bonds is 4. The van der Waals surface area contributed by atoms with Gasteiger partial charge in [-0.15, -0.1) is 0 Å². The van der Waals surface area contributed by atoms with E-state index >= 15 is 0 Å². The van der Waals surface area contributed by atoms with Gasteiger partial charge < -0.3 is 14.8 Å². The van der Waals surface area contributed by atoms with E-state index in [4.69, 9.17) is 9.47 Å². The van der Waals surface area contributed by atoms with Gasteiger partial charge in [0.2, 0.25) is 0 Å². The van der Waals surface area contributed by atoms with Crippen LogP contribution in [0.4, 0.5) is 8.78 Å². The van der Waals surface area contributed by atoms with Gasteiger partial charge in [-0.25, -0.2) is 8.78 Å². The molecule has 1 N–H and O–H groups in total. The first-order valence-corrected chi connectivity index (χ1v) is 6.68. The van der Waals surface area contributed by atoms with Crippen LogP contribution >= 0.6 is 0 Å². The smallest absolute Gasteiger partial charge is 0.130 e. The van der Waals surface area contributed by atoms with Crippen molar-refractivity contribution in [1.82, 2.24) is 5.32 Å². The van der Waals surface area contributed by atoms with Crippen LogP contribution in [0, 0.1) is 11.6 Å². The molecule has 2 aromatic rings. The molecule has 21 heavy (non-hydrogen) atoms. The van der Waals surface area contributed by atoms with Crippen LogP contribution in [0.25, 0.3) is 0 Å². The second-order valence-corrected chi connectivity index (χ2v) is 4.88. The van der Waals surface area contributed by atoms with Crippen LogP contribution in [0.5, 0.6) is 11.5 Å². The number of nitrogens with one attached hydrogen (secondary N) is 1. The Morgan fingerprint density at radius 2 is 2.10 bits per heavy atom. The van der Waals surface area contributed by atoms with Gasteiger partial charge in [0.15, 0.2) is 0 Å². The fraction of sp³-hybridized carbons (Fsp3) is 0.250. The molecule has 0 saturated heterocycles. The first-order chi connectivity index (χ1) is 10.2. The highest BCUT2D eigenvalue weighted by atomic mass is 19.1. The third-order valence-corrected chi connectivity index (χ3v) is 3.52. The third kappa shape index (κ3) is 2.83. The fourth-order valence-corrected chi connectivity index (χ4v) is 2.33. The molecule has 0 aliphatic carbocycles. The van der Waals surface area contributed by atoms with Crippen LogP contribution < -0.4 is 14.8 Å². The standard InChI is InChI=1S/C16H15F2NO2/c1-19-15-9-21-16-7-12(3-4-13(15)16)20-8-10-6-11(17)2-5-14(10)18/h2-7,15,19H,8-9H2,1H3. The van der Waals surface area contributed by atoms with Gasteiger partial charge >= 0.3 is 0 Å². The summed E-state index contributed by atoms with van der Waals surface area (Å²) in [5.41, 5.74) is 1.26. The van der Waals surface area contributed by atoms with E-state index in [1.54, 1.807) is 12.1 Å². The average Bonchev–Trinajstić information content (AvgIpc) is 2.90. The van der Waals surface area contributed by atoms with Crippen molar-refractivity contribution >= 4 is 0 Å². The molecule has 1 atom stereocenters. The summed E-state index contributed by atoms with van der Waals surface area (Å²) in [4.78, 5) is 0. The maximum Gasteiger partial charge on any atom is 0.130 e. The lowest BCUT2D eigenvalue weighted by Gasteiger charge is -2.09. The molecule has 110 valence electrons.